The van der Waals surface area contributed by atoms with Crippen LogP contribution in [0.1, 0.15) is 35.6 Å². The van der Waals surface area contributed by atoms with E-state index in [9.17, 15) is 18.0 Å². The Morgan fingerprint density at radius 1 is 0.822 bits per heavy atom. The van der Waals surface area contributed by atoms with Gasteiger partial charge in [-0.25, -0.2) is 8.42 Å². The van der Waals surface area contributed by atoms with Crippen LogP contribution in [0, 0.1) is 13.8 Å². The molecule has 1 N–H and O–H groups in total. The molecule has 0 radical (unpaired) electrons. The van der Waals surface area contributed by atoms with Gasteiger partial charge < -0.3 is 15.0 Å². The number of nitrogens with zero attached hydrogens (tertiary/aromatic N) is 2. The summed E-state index contributed by atoms with van der Waals surface area (Å²) in [5.74, 6) is -0.207. The number of hydrogen-bond acceptors (Lipinski definition) is 5. The van der Waals surface area contributed by atoms with Crippen molar-refractivity contribution in [3.63, 3.8) is 0 Å². The third kappa shape index (κ3) is 8.73. The molecule has 4 aromatic carbocycles. The van der Waals surface area contributed by atoms with Crippen LogP contribution in [0.3, 0.4) is 0 Å². The molecular weight excluding hydrogens is 586 g/mol. The first-order chi connectivity index (χ1) is 21.6. The third-order valence-corrected chi connectivity index (χ3v) is 9.27. The van der Waals surface area contributed by atoms with Gasteiger partial charge in [0.15, 0.2) is 0 Å². The summed E-state index contributed by atoms with van der Waals surface area (Å²) >= 11 is 0. The molecule has 4 rings (SSSR count). The van der Waals surface area contributed by atoms with Gasteiger partial charge in [-0.1, -0.05) is 79.2 Å². The van der Waals surface area contributed by atoms with Gasteiger partial charge in [-0.05, 0) is 73.4 Å². The zero-order valence-corrected chi connectivity index (χ0v) is 27.1. The first-order valence-electron chi connectivity index (χ1n) is 15.0. The summed E-state index contributed by atoms with van der Waals surface area (Å²) in [4.78, 5) is 29.8. The fourth-order valence-electron chi connectivity index (χ4n) is 5.04. The first-order valence-corrected chi connectivity index (χ1v) is 16.5. The van der Waals surface area contributed by atoms with E-state index in [1.165, 1.54) is 4.90 Å². The molecule has 4 aromatic rings. The average Bonchev–Trinajstić information content (AvgIpc) is 3.04. The number of ether oxygens (including phenoxy) is 1. The van der Waals surface area contributed by atoms with Crippen LogP contribution in [-0.2, 0) is 32.6 Å². The second-order valence-corrected chi connectivity index (χ2v) is 12.9. The molecule has 0 saturated heterocycles. The summed E-state index contributed by atoms with van der Waals surface area (Å²) in [6.45, 7) is 5.72. The number of sulfonamides is 1. The Hall–Kier alpha value is -4.63. The number of methoxy groups -OCH3 is 1. The van der Waals surface area contributed by atoms with Crippen LogP contribution in [0.15, 0.2) is 108 Å². The zero-order valence-electron chi connectivity index (χ0n) is 26.3. The van der Waals surface area contributed by atoms with Crippen molar-refractivity contribution in [1.29, 1.82) is 0 Å². The van der Waals surface area contributed by atoms with Crippen molar-refractivity contribution >= 4 is 27.5 Å². The normalized spacial score (nSPS) is 11.8. The van der Waals surface area contributed by atoms with Crippen LogP contribution in [0.2, 0.25) is 0 Å². The number of hydrogen-bond donors (Lipinski definition) is 1. The maximum Gasteiger partial charge on any atom is 0.264 e. The predicted octanol–water partition coefficient (Wildman–Crippen LogP) is 5.67. The van der Waals surface area contributed by atoms with Crippen LogP contribution in [0.25, 0.3) is 0 Å². The van der Waals surface area contributed by atoms with E-state index < -0.39 is 28.5 Å². The molecule has 0 spiro atoms. The van der Waals surface area contributed by atoms with Crippen LogP contribution in [-0.4, -0.2) is 51.4 Å². The summed E-state index contributed by atoms with van der Waals surface area (Å²) < 4.78 is 34.9. The highest BCUT2D eigenvalue weighted by molar-refractivity contribution is 7.92. The lowest BCUT2D eigenvalue weighted by molar-refractivity contribution is -0.140. The monoisotopic (exact) mass is 627 g/mol. The number of carbonyl (C=O) groups excluding carboxylic acids is 2. The van der Waals surface area contributed by atoms with Crippen molar-refractivity contribution in [2.45, 2.75) is 51.1 Å². The first kappa shape index (κ1) is 33.3. The molecule has 1 atom stereocenters. The van der Waals surface area contributed by atoms with Crippen molar-refractivity contribution in [3.05, 3.63) is 125 Å². The summed E-state index contributed by atoms with van der Waals surface area (Å²) in [7, 11) is -2.59. The summed E-state index contributed by atoms with van der Waals surface area (Å²) in [5, 5.41) is 2.96. The molecule has 9 heteroatoms. The minimum atomic E-state index is -4.15. The SMILES string of the molecule is CCCNC(=O)[C@H](Cc1ccccc1)N(Cc1cccc(OC)c1)C(=O)CN(c1cccc(C)c1)S(=O)(=O)c1ccc(C)cc1. The molecular formula is C36H41N3O5S. The van der Waals surface area contributed by atoms with Crippen molar-refractivity contribution in [2.24, 2.45) is 0 Å². The fraction of sp³-hybridized carbons (Fsp3) is 0.278. The van der Waals surface area contributed by atoms with Crippen LogP contribution >= 0.6 is 0 Å². The van der Waals surface area contributed by atoms with Crippen LogP contribution in [0.4, 0.5) is 5.69 Å². The average molecular weight is 628 g/mol. The molecule has 0 aliphatic carbocycles. The van der Waals surface area contributed by atoms with E-state index in [1.54, 1.807) is 55.6 Å². The van der Waals surface area contributed by atoms with Crippen LogP contribution < -0.4 is 14.4 Å². The second kappa shape index (κ2) is 15.4. The van der Waals surface area contributed by atoms with E-state index in [0.717, 1.165) is 33.0 Å². The molecule has 0 bridgehead atoms. The van der Waals surface area contributed by atoms with E-state index in [-0.39, 0.29) is 23.8 Å². The Labute approximate surface area is 266 Å². The fourth-order valence-corrected chi connectivity index (χ4v) is 6.44. The largest absolute Gasteiger partial charge is 0.497 e. The van der Waals surface area contributed by atoms with Gasteiger partial charge >= 0.3 is 0 Å². The lowest BCUT2D eigenvalue weighted by Crippen LogP contribution is -2.53. The standard InChI is InChI=1S/C36H41N3O5S/c1-5-21-37-36(41)34(24-29-12-7-6-8-13-29)38(25-30-14-10-16-32(23-30)44-4)35(40)26-39(31-15-9-11-28(3)22-31)45(42,43)33-19-17-27(2)18-20-33/h6-20,22-23,34H,5,21,24-26H2,1-4H3,(H,37,41)/t34-/m0/s1. The molecule has 8 nitrogen and oxygen atoms in total. The number of rotatable bonds is 14. The van der Waals surface area contributed by atoms with Crippen molar-refractivity contribution in [3.8, 4) is 5.75 Å². The number of anilines is 1. The van der Waals surface area contributed by atoms with Gasteiger partial charge in [0.2, 0.25) is 11.8 Å². The van der Waals surface area contributed by atoms with Gasteiger partial charge in [-0.15, -0.1) is 0 Å². The maximum atomic E-state index is 14.5. The number of benzene rings is 4. The predicted molar refractivity (Wildman–Crippen MR) is 178 cm³/mol. The van der Waals surface area contributed by atoms with Gasteiger partial charge in [-0.2, -0.15) is 0 Å². The molecule has 45 heavy (non-hydrogen) atoms. The van der Waals surface area contributed by atoms with Crippen molar-refractivity contribution in [1.82, 2.24) is 10.2 Å². The highest BCUT2D eigenvalue weighted by atomic mass is 32.2. The molecule has 0 saturated carbocycles. The van der Waals surface area contributed by atoms with Crippen molar-refractivity contribution in [2.75, 3.05) is 24.5 Å². The molecule has 0 fully saturated rings. The smallest absolute Gasteiger partial charge is 0.264 e. The highest BCUT2D eigenvalue weighted by Crippen LogP contribution is 2.26. The van der Waals surface area contributed by atoms with E-state index in [1.807, 2.05) is 75.4 Å². The third-order valence-electron chi connectivity index (χ3n) is 7.48. The van der Waals surface area contributed by atoms with Crippen LogP contribution in [0.5, 0.6) is 5.75 Å². The lowest BCUT2D eigenvalue weighted by atomic mass is 10.0. The molecule has 0 aromatic heterocycles. The Morgan fingerprint density at radius 2 is 1.51 bits per heavy atom. The second-order valence-electron chi connectivity index (χ2n) is 11.0. The molecule has 0 aliphatic rings. The molecule has 0 unspecified atom stereocenters. The van der Waals surface area contributed by atoms with Crippen molar-refractivity contribution < 1.29 is 22.7 Å². The van der Waals surface area contributed by atoms with E-state index in [2.05, 4.69) is 5.32 Å². The lowest BCUT2D eigenvalue weighted by Gasteiger charge is -2.34. The van der Waals surface area contributed by atoms with Gasteiger partial charge in [-0.3, -0.25) is 13.9 Å². The Balaban J connectivity index is 1.80. The topological polar surface area (TPSA) is 96.0 Å². The quantitative estimate of drug-likeness (QED) is 0.194. The number of carbonyl (C=O) groups is 2. The summed E-state index contributed by atoms with van der Waals surface area (Å²) in [6.07, 6.45) is 0.977. The van der Waals surface area contributed by atoms with E-state index in [0.29, 0.717) is 18.0 Å². The highest BCUT2D eigenvalue weighted by Gasteiger charge is 2.34. The molecule has 2 amide bonds. The number of nitrogens with one attached hydrogen (secondary N) is 1. The minimum Gasteiger partial charge on any atom is -0.497 e. The van der Waals surface area contributed by atoms with Gasteiger partial charge in [0.05, 0.1) is 17.7 Å². The van der Waals surface area contributed by atoms with Gasteiger partial charge in [0.25, 0.3) is 10.0 Å². The van der Waals surface area contributed by atoms with E-state index >= 15 is 0 Å². The van der Waals surface area contributed by atoms with E-state index in [4.69, 9.17) is 4.74 Å². The Morgan fingerprint density at radius 3 is 2.18 bits per heavy atom. The molecule has 236 valence electrons. The summed E-state index contributed by atoms with van der Waals surface area (Å²) in [6, 6.07) is 29.5. The van der Waals surface area contributed by atoms with Gasteiger partial charge in [0, 0.05) is 19.5 Å². The Bertz CT molecular complexity index is 1690. The molecule has 0 aliphatic heterocycles. The zero-order chi connectivity index (χ0) is 32.4. The number of amides is 2. The summed E-state index contributed by atoms with van der Waals surface area (Å²) in [5.41, 5.74) is 3.74. The molecule has 0 heterocycles. The maximum absolute atomic E-state index is 14.5. The minimum absolute atomic E-state index is 0.0688. The number of aryl methyl sites for hydroxylation is 2. The Kier molecular flexibility index (Phi) is 11.4. The van der Waals surface area contributed by atoms with Gasteiger partial charge in [0.1, 0.15) is 18.3 Å².